The van der Waals surface area contributed by atoms with Crippen molar-refractivity contribution >= 4 is 15.9 Å². The van der Waals surface area contributed by atoms with Crippen molar-refractivity contribution in [2.75, 3.05) is 7.11 Å². The molecule has 3 nitrogen and oxygen atoms in total. The first-order chi connectivity index (χ1) is 10.6. The third-order valence-electron chi connectivity index (χ3n) is 6.51. The fourth-order valence-electron chi connectivity index (χ4n) is 5.94. The number of rotatable bonds is 2. The van der Waals surface area contributed by atoms with E-state index in [2.05, 4.69) is 28.1 Å². The zero-order valence-electron chi connectivity index (χ0n) is 12.7. The topological polar surface area (TPSA) is 27.7 Å². The first kappa shape index (κ1) is 14.0. The Balaban J connectivity index is 1.62. The van der Waals surface area contributed by atoms with Crippen LogP contribution in [0.4, 0.5) is 0 Å². The van der Waals surface area contributed by atoms with Crippen LogP contribution in [-0.4, -0.2) is 17.0 Å². The summed E-state index contributed by atoms with van der Waals surface area (Å²) in [6.45, 7) is 0. The lowest BCUT2D eigenvalue weighted by molar-refractivity contribution is -0.645. The van der Waals surface area contributed by atoms with Crippen LogP contribution in [0.1, 0.15) is 37.7 Å². The Morgan fingerprint density at radius 3 is 2.50 bits per heavy atom. The van der Waals surface area contributed by atoms with E-state index < -0.39 is 5.79 Å². The molecule has 1 radical (unpaired) electrons. The molecule has 1 spiro atoms. The Hall–Kier alpha value is -0.420. The van der Waals surface area contributed by atoms with Crippen molar-refractivity contribution in [2.24, 2.45) is 17.8 Å². The van der Waals surface area contributed by atoms with Crippen molar-refractivity contribution in [3.05, 3.63) is 35.9 Å². The maximum Gasteiger partial charge on any atom is 0.260 e. The van der Waals surface area contributed by atoms with Crippen LogP contribution in [0.25, 0.3) is 0 Å². The van der Waals surface area contributed by atoms with Gasteiger partial charge in [-0.05, 0) is 62.0 Å². The van der Waals surface area contributed by atoms with Crippen molar-refractivity contribution in [3.63, 3.8) is 0 Å². The van der Waals surface area contributed by atoms with E-state index in [0.29, 0.717) is 16.2 Å². The van der Waals surface area contributed by atoms with Gasteiger partial charge in [0.2, 0.25) is 0 Å². The standard InChI is InChI=1S/C18H20BrO3/c1-20-18(13-5-3-2-4-6-13)17(21-22-18)14-7-12-8-15(17)11-16(19,9-12)10-14/h2-3,5-6,12,14-15H,7-11H2,1H3. The zero-order chi connectivity index (χ0) is 15.0. The molecule has 1 aromatic rings. The van der Waals surface area contributed by atoms with Gasteiger partial charge in [0.1, 0.15) is 0 Å². The predicted molar refractivity (Wildman–Crippen MR) is 84.1 cm³/mol. The summed E-state index contributed by atoms with van der Waals surface area (Å²) < 4.78 is 6.31. The molecule has 4 saturated carbocycles. The van der Waals surface area contributed by atoms with Crippen LogP contribution in [0.2, 0.25) is 0 Å². The summed E-state index contributed by atoms with van der Waals surface area (Å²) in [5.74, 6) is 1.04. The Labute approximate surface area is 139 Å². The van der Waals surface area contributed by atoms with Crippen molar-refractivity contribution in [3.8, 4) is 0 Å². The molecule has 22 heavy (non-hydrogen) atoms. The first-order valence-corrected chi connectivity index (χ1v) is 8.99. The van der Waals surface area contributed by atoms with Crippen LogP contribution >= 0.6 is 15.9 Å². The molecule has 4 bridgehead atoms. The summed E-state index contributed by atoms with van der Waals surface area (Å²) in [5, 5.41) is 0. The van der Waals surface area contributed by atoms with Gasteiger partial charge in [0.25, 0.3) is 5.79 Å². The Bertz CT molecular complexity index is 584. The maximum atomic E-state index is 5.99. The normalized spacial score (nSPS) is 52.0. The van der Waals surface area contributed by atoms with Gasteiger partial charge in [-0.25, -0.2) is 4.89 Å². The molecule has 1 aromatic carbocycles. The maximum absolute atomic E-state index is 5.99. The molecular formula is C18H20BrO3. The van der Waals surface area contributed by atoms with E-state index >= 15 is 0 Å². The van der Waals surface area contributed by atoms with Crippen molar-refractivity contribution in [1.29, 1.82) is 0 Å². The number of hydrogen-bond donors (Lipinski definition) is 0. The van der Waals surface area contributed by atoms with E-state index in [-0.39, 0.29) is 5.60 Å². The van der Waals surface area contributed by atoms with E-state index in [9.17, 15) is 0 Å². The minimum atomic E-state index is -0.767. The summed E-state index contributed by atoms with van der Waals surface area (Å²) in [4.78, 5) is 11.7. The molecular weight excluding hydrogens is 344 g/mol. The molecule has 1 heterocycles. The molecule has 4 heteroatoms. The number of benzene rings is 1. The lowest BCUT2D eigenvalue weighted by atomic mass is 9.47. The Morgan fingerprint density at radius 2 is 2.00 bits per heavy atom. The molecule has 3 atom stereocenters. The highest BCUT2D eigenvalue weighted by molar-refractivity contribution is 9.10. The molecule has 0 N–H and O–H groups in total. The highest BCUT2D eigenvalue weighted by atomic mass is 79.9. The van der Waals surface area contributed by atoms with Gasteiger partial charge in [-0.1, -0.05) is 34.1 Å². The van der Waals surface area contributed by atoms with E-state index in [1.54, 1.807) is 7.11 Å². The highest BCUT2D eigenvalue weighted by Gasteiger charge is 2.78. The second-order valence-electron chi connectivity index (χ2n) is 7.57. The Kier molecular flexibility index (Phi) is 2.76. The summed E-state index contributed by atoms with van der Waals surface area (Å²) in [5.41, 5.74) is 0.699. The number of halogens is 1. The first-order valence-electron chi connectivity index (χ1n) is 8.19. The van der Waals surface area contributed by atoms with Crippen molar-refractivity contribution in [2.45, 2.75) is 47.8 Å². The third-order valence-corrected chi connectivity index (χ3v) is 7.48. The van der Waals surface area contributed by atoms with Gasteiger partial charge >= 0.3 is 0 Å². The van der Waals surface area contributed by atoms with Crippen LogP contribution < -0.4 is 0 Å². The highest BCUT2D eigenvalue weighted by Crippen LogP contribution is 2.71. The average Bonchev–Trinajstić information content (AvgIpc) is 2.46. The number of methoxy groups -OCH3 is 1. The molecule has 1 aliphatic heterocycles. The average molecular weight is 364 g/mol. The fourth-order valence-corrected chi connectivity index (χ4v) is 7.18. The number of alkyl halides is 1. The van der Waals surface area contributed by atoms with Crippen LogP contribution in [0.5, 0.6) is 0 Å². The SMILES string of the molecule is COC1(c2c[c]ccc2)OOC12C1CC3CC2CC(Br)(C3)C1. The second-order valence-corrected chi connectivity index (χ2v) is 9.25. The molecule has 5 fully saturated rings. The van der Waals surface area contributed by atoms with Gasteiger partial charge in [0.05, 0.1) is 0 Å². The van der Waals surface area contributed by atoms with E-state index in [1.807, 2.05) is 18.2 Å². The van der Waals surface area contributed by atoms with Crippen molar-refractivity contribution < 1.29 is 14.5 Å². The minimum Gasteiger partial charge on any atom is -0.345 e. The second kappa shape index (κ2) is 4.35. The lowest BCUT2D eigenvalue weighted by Gasteiger charge is -2.70. The molecule has 5 aliphatic rings. The van der Waals surface area contributed by atoms with Gasteiger partial charge in [-0.3, -0.25) is 0 Å². The summed E-state index contributed by atoms with van der Waals surface area (Å²) in [6, 6.07) is 11.1. The van der Waals surface area contributed by atoms with E-state index in [4.69, 9.17) is 14.5 Å². The Morgan fingerprint density at radius 1 is 1.23 bits per heavy atom. The summed E-state index contributed by atoms with van der Waals surface area (Å²) in [6.07, 6.45) is 6.09. The smallest absolute Gasteiger partial charge is 0.260 e. The van der Waals surface area contributed by atoms with Crippen LogP contribution in [0.15, 0.2) is 24.3 Å². The molecule has 0 aromatic heterocycles. The molecule has 1 saturated heterocycles. The van der Waals surface area contributed by atoms with Crippen LogP contribution in [0, 0.1) is 23.8 Å². The summed E-state index contributed by atoms with van der Waals surface area (Å²) in [7, 11) is 1.74. The van der Waals surface area contributed by atoms with E-state index in [0.717, 1.165) is 24.3 Å². The quantitative estimate of drug-likeness (QED) is 0.587. The van der Waals surface area contributed by atoms with Gasteiger partial charge < -0.3 is 4.74 Å². The van der Waals surface area contributed by atoms with Gasteiger partial charge in [0, 0.05) is 17.0 Å². The largest absolute Gasteiger partial charge is 0.345 e. The van der Waals surface area contributed by atoms with Gasteiger partial charge in [-0.15, -0.1) is 0 Å². The minimum absolute atomic E-state index is 0.315. The van der Waals surface area contributed by atoms with E-state index in [1.165, 1.54) is 19.3 Å². The number of hydrogen-bond acceptors (Lipinski definition) is 3. The third kappa shape index (κ3) is 1.48. The summed E-state index contributed by atoms with van der Waals surface area (Å²) >= 11 is 4.03. The molecule has 6 rings (SSSR count). The predicted octanol–water partition coefficient (Wildman–Crippen LogP) is 3.96. The van der Waals surface area contributed by atoms with Crippen LogP contribution in [-0.2, 0) is 20.3 Å². The van der Waals surface area contributed by atoms with Gasteiger partial charge in [-0.2, -0.15) is 4.89 Å². The molecule has 3 unspecified atom stereocenters. The fraction of sp³-hybridized carbons (Fsp3) is 0.667. The molecule has 117 valence electrons. The van der Waals surface area contributed by atoms with Gasteiger partial charge in [0.15, 0.2) is 5.60 Å². The lowest BCUT2D eigenvalue weighted by Crippen LogP contribution is -2.77. The molecule has 4 aliphatic carbocycles. The monoisotopic (exact) mass is 363 g/mol. The van der Waals surface area contributed by atoms with Crippen LogP contribution in [0.3, 0.4) is 0 Å². The van der Waals surface area contributed by atoms with Crippen molar-refractivity contribution in [1.82, 2.24) is 0 Å². The number of ether oxygens (including phenoxy) is 1. The molecule has 0 amide bonds. The zero-order valence-corrected chi connectivity index (χ0v) is 14.3.